The van der Waals surface area contributed by atoms with Crippen LogP contribution in [-0.4, -0.2) is 24.5 Å². The zero-order chi connectivity index (χ0) is 14.7. The molecule has 0 bridgehead atoms. The van der Waals surface area contributed by atoms with Crippen molar-refractivity contribution in [3.8, 4) is 0 Å². The van der Waals surface area contributed by atoms with Gasteiger partial charge in [0.2, 0.25) is 5.91 Å². The third-order valence-electron chi connectivity index (χ3n) is 3.39. The summed E-state index contributed by atoms with van der Waals surface area (Å²) in [5.41, 5.74) is 0.806. The molecule has 0 radical (unpaired) electrons. The fourth-order valence-electron chi connectivity index (χ4n) is 2.29. The van der Waals surface area contributed by atoms with E-state index in [1.807, 2.05) is 0 Å². The molecular weight excluding hydrogens is 321 g/mol. The SMILES string of the molecule is CC(Cl)C(=O)NC(c1cc(Cl)ccc1Cl)C1CCOC1. The minimum Gasteiger partial charge on any atom is -0.381 e. The molecule has 0 aliphatic carbocycles. The monoisotopic (exact) mass is 335 g/mol. The third-order valence-corrected chi connectivity index (χ3v) is 4.17. The first-order valence-electron chi connectivity index (χ1n) is 6.46. The number of hydrogen-bond acceptors (Lipinski definition) is 2. The number of nitrogens with one attached hydrogen (secondary N) is 1. The number of amides is 1. The van der Waals surface area contributed by atoms with Crippen molar-refractivity contribution in [3.05, 3.63) is 33.8 Å². The van der Waals surface area contributed by atoms with Crippen LogP contribution in [0.5, 0.6) is 0 Å². The largest absolute Gasteiger partial charge is 0.381 e. The molecule has 1 heterocycles. The van der Waals surface area contributed by atoms with Gasteiger partial charge in [0, 0.05) is 22.6 Å². The van der Waals surface area contributed by atoms with E-state index in [4.69, 9.17) is 39.5 Å². The number of carbonyl (C=O) groups excluding carboxylic acids is 1. The lowest BCUT2D eigenvalue weighted by molar-refractivity contribution is -0.121. The summed E-state index contributed by atoms with van der Waals surface area (Å²) < 4.78 is 5.41. The molecule has 1 saturated heterocycles. The van der Waals surface area contributed by atoms with Crippen molar-refractivity contribution in [2.75, 3.05) is 13.2 Å². The second-order valence-electron chi connectivity index (χ2n) is 4.89. The topological polar surface area (TPSA) is 38.3 Å². The molecule has 6 heteroatoms. The molecule has 3 unspecified atom stereocenters. The molecule has 0 saturated carbocycles. The summed E-state index contributed by atoms with van der Waals surface area (Å²) >= 11 is 18.1. The Kier molecular flexibility index (Phi) is 5.56. The van der Waals surface area contributed by atoms with Gasteiger partial charge in [-0.05, 0) is 37.1 Å². The molecule has 1 aliphatic heterocycles. The fourth-order valence-corrected chi connectivity index (χ4v) is 2.76. The van der Waals surface area contributed by atoms with Crippen LogP contribution in [0.1, 0.15) is 24.9 Å². The first-order valence-corrected chi connectivity index (χ1v) is 7.65. The summed E-state index contributed by atoms with van der Waals surface area (Å²) in [6, 6.07) is 5.00. The minimum absolute atomic E-state index is 0.172. The number of hydrogen-bond donors (Lipinski definition) is 1. The second-order valence-corrected chi connectivity index (χ2v) is 6.39. The number of ether oxygens (including phenoxy) is 1. The van der Waals surface area contributed by atoms with Gasteiger partial charge in [-0.15, -0.1) is 11.6 Å². The molecule has 1 fully saturated rings. The van der Waals surface area contributed by atoms with Gasteiger partial charge < -0.3 is 10.1 Å². The van der Waals surface area contributed by atoms with Crippen molar-refractivity contribution in [1.29, 1.82) is 0 Å². The van der Waals surface area contributed by atoms with E-state index in [0.29, 0.717) is 23.3 Å². The maximum absolute atomic E-state index is 11.9. The van der Waals surface area contributed by atoms with Gasteiger partial charge >= 0.3 is 0 Å². The van der Waals surface area contributed by atoms with E-state index >= 15 is 0 Å². The summed E-state index contributed by atoms with van der Waals surface area (Å²) in [4.78, 5) is 11.9. The van der Waals surface area contributed by atoms with Crippen LogP contribution < -0.4 is 5.32 Å². The van der Waals surface area contributed by atoms with E-state index in [1.54, 1.807) is 25.1 Å². The van der Waals surface area contributed by atoms with Crippen molar-refractivity contribution in [1.82, 2.24) is 5.32 Å². The van der Waals surface area contributed by atoms with Crippen molar-refractivity contribution in [2.24, 2.45) is 5.92 Å². The molecule has 3 atom stereocenters. The number of alkyl halides is 1. The molecule has 0 aromatic heterocycles. The van der Waals surface area contributed by atoms with Crippen molar-refractivity contribution >= 4 is 40.7 Å². The standard InChI is InChI=1S/C14H16Cl3NO2/c1-8(15)14(19)18-13(9-4-5-20-7-9)11-6-10(16)2-3-12(11)17/h2-3,6,8-9,13H,4-5,7H2,1H3,(H,18,19). The first kappa shape index (κ1) is 15.9. The smallest absolute Gasteiger partial charge is 0.238 e. The Morgan fingerprint density at radius 2 is 2.20 bits per heavy atom. The predicted octanol–water partition coefficient (Wildman–Crippen LogP) is 3.81. The van der Waals surface area contributed by atoms with Crippen LogP contribution in [0.2, 0.25) is 10.0 Å². The summed E-state index contributed by atoms with van der Waals surface area (Å²) in [7, 11) is 0. The lowest BCUT2D eigenvalue weighted by atomic mass is 9.92. The Bertz CT molecular complexity index is 487. The molecule has 1 amide bonds. The lowest BCUT2D eigenvalue weighted by Gasteiger charge is -2.26. The molecule has 110 valence electrons. The average Bonchev–Trinajstić information content (AvgIpc) is 2.92. The molecule has 1 aliphatic rings. The number of rotatable bonds is 4. The third kappa shape index (κ3) is 3.79. The number of halogens is 3. The van der Waals surface area contributed by atoms with Crippen LogP contribution >= 0.6 is 34.8 Å². The maximum atomic E-state index is 11.9. The molecule has 1 aromatic rings. The summed E-state index contributed by atoms with van der Waals surface area (Å²) in [5.74, 6) is -0.0510. The molecule has 0 spiro atoms. The summed E-state index contributed by atoms with van der Waals surface area (Å²) in [5, 5.41) is 3.51. The summed E-state index contributed by atoms with van der Waals surface area (Å²) in [6.07, 6.45) is 0.866. The highest BCUT2D eigenvalue weighted by atomic mass is 35.5. The van der Waals surface area contributed by atoms with Crippen LogP contribution in [0.25, 0.3) is 0 Å². The Morgan fingerprint density at radius 1 is 1.45 bits per heavy atom. The van der Waals surface area contributed by atoms with Crippen LogP contribution in [0, 0.1) is 5.92 Å². The van der Waals surface area contributed by atoms with Gasteiger partial charge in [0.15, 0.2) is 0 Å². The Labute approximate surface area is 133 Å². The Hall–Kier alpha value is -0.480. The van der Waals surface area contributed by atoms with E-state index in [2.05, 4.69) is 5.32 Å². The van der Waals surface area contributed by atoms with E-state index < -0.39 is 5.38 Å². The van der Waals surface area contributed by atoms with Crippen LogP contribution in [0.3, 0.4) is 0 Å². The zero-order valence-corrected chi connectivity index (χ0v) is 13.3. The van der Waals surface area contributed by atoms with Crippen molar-refractivity contribution in [2.45, 2.75) is 24.8 Å². The summed E-state index contributed by atoms with van der Waals surface area (Å²) in [6.45, 7) is 2.91. The normalized spacial score (nSPS) is 21.5. The zero-order valence-electron chi connectivity index (χ0n) is 11.0. The maximum Gasteiger partial charge on any atom is 0.238 e. The Balaban J connectivity index is 2.29. The highest BCUT2D eigenvalue weighted by Crippen LogP contribution is 2.34. The van der Waals surface area contributed by atoms with Gasteiger partial charge in [-0.25, -0.2) is 0 Å². The fraction of sp³-hybridized carbons (Fsp3) is 0.500. The highest BCUT2D eigenvalue weighted by molar-refractivity contribution is 6.33. The van der Waals surface area contributed by atoms with Crippen molar-refractivity contribution in [3.63, 3.8) is 0 Å². The lowest BCUT2D eigenvalue weighted by Crippen LogP contribution is -2.37. The number of benzene rings is 1. The predicted molar refractivity (Wildman–Crippen MR) is 81.6 cm³/mol. The van der Waals surface area contributed by atoms with Gasteiger partial charge in [-0.1, -0.05) is 23.2 Å². The van der Waals surface area contributed by atoms with E-state index in [9.17, 15) is 4.79 Å². The van der Waals surface area contributed by atoms with Crippen molar-refractivity contribution < 1.29 is 9.53 Å². The molecule has 1 aromatic carbocycles. The quantitative estimate of drug-likeness (QED) is 0.849. The minimum atomic E-state index is -0.599. The van der Waals surface area contributed by atoms with E-state index in [0.717, 1.165) is 12.0 Å². The van der Waals surface area contributed by atoms with Crippen LogP contribution in [0.4, 0.5) is 0 Å². The van der Waals surface area contributed by atoms with Gasteiger partial charge in [0.25, 0.3) is 0 Å². The number of carbonyl (C=O) groups is 1. The van der Waals surface area contributed by atoms with Gasteiger partial charge in [-0.3, -0.25) is 4.79 Å². The second kappa shape index (κ2) is 6.99. The van der Waals surface area contributed by atoms with Gasteiger partial charge in [-0.2, -0.15) is 0 Å². The molecule has 2 rings (SSSR count). The molecular formula is C14H16Cl3NO2. The van der Waals surface area contributed by atoms with E-state index in [-0.39, 0.29) is 17.9 Å². The van der Waals surface area contributed by atoms with Gasteiger partial charge in [0.05, 0.1) is 12.6 Å². The first-order chi connectivity index (χ1) is 9.49. The van der Waals surface area contributed by atoms with Crippen LogP contribution in [0.15, 0.2) is 18.2 Å². The average molecular weight is 337 g/mol. The van der Waals surface area contributed by atoms with Crippen LogP contribution in [-0.2, 0) is 9.53 Å². The molecule has 20 heavy (non-hydrogen) atoms. The highest BCUT2D eigenvalue weighted by Gasteiger charge is 2.30. The van der Waals surface area contributed by atoms with E-state index in [1.165, 1.54) is 0 Å². The van der Waals surface area contributed by atoms with Gasteiger partial charge in [0.1, 0.15) is 5.38 Å². The molecule has 1 N–H and O–H groups in total. The Morgan fingerprint density at radius 3 is 2.80 bits per heavy atom. The molecule has 3 nitrogen and oxygen atoms in total.